The largest absolute Gasteiger partial charge is 0.373 e. The van der Waals surface area contributed by atoms with Crippen molar-refractivity contribution in [1.82, 2.24) is 9.97 Å². The molecule has 17 heavy (non-hydrogen) atoms. The fourth-order valence-corrected chi connectivity index (χ4v) is 1.98. The van der Waals surface area contributed by atoms with Crippen LogP contribution in [0.4, 0.5) is 11.6 Å². The molecule has 0 amide bonds. The number of nitrogens with one attached hydrogen (secondary N) is 1. The molecule has 1 aromatic heterocycles. The van der Waals surface area contributed by atoms with E-state index >= 15 is 0 Å². The topological polar surface area (TPSA) is 41.0 Å². The van der Waals surface area contributed by atoms with E-state index in [0.29, 0.717) is 12.0 Å². The molecular weight excluding hydrogens is 212 g/mol. The van der Waals surface area contributed by atoms with Crippen molar-refractivity contribution < 1.29 is 0 Å². The van der Waals surface area contributed by atoms with Crippen LogP contribution >= 0.6 is 0 Å². The van der Waals surface area contributed by atoms with Crippen molar-refractivity contribution in [3.05, 3.63) is 11.9 Å². The molecule has 1 aromatic rings. The maximum absolute atomic E-state index is 4.66. The van der Waals surface area contributed by atoms with Gasteiger partial charge in [-0.15, -0.1) is 0 Å². The summed E-state index contributed by atoms with van der Waals surface area (Å²) >= 11 is 0. The predicted molar refractivity (Wildman–Crippen MR) is 71.7 cm³/mol. The van der Waals surface area contributed by atoms with Crippen LogP contribution in [0, 0.1) is 0 Å². The van der Waals surface area contributed by atoms with Crippen LogP contribution in [-0.2, 0) is 0 Å². The average molecular weight is 234 g/mol. The Morgan fingerprint density at radius 3 is 2.53 bits per heavy atom. The van der Waals surface area contributed by atoms with Gasteiger partial charge in [-0.2, -0.15) is 0 Å². The summed E-state index contributed by atoms with van der Waals surface area (Å²) in [6.45, 7) is 4.25. The smallest absolute Gasteiger partial charge is 0.135 e. The van der Waals surface area contributed by atoms with Gasteiger partial charge in [0.2, 0.25) is 0 Å². The third-order valence-electron chi connectivity index (χ3n) is 3.49. The van der Waals surface area contributed by atoms with Gasteiger partial charge in [0.15, 0.2) is 0 Å². The van der Waals surface area contributed by atoms with Crippen molar-refractivity contribution in [2.24, 2.45) is 0 Å². The Kier molecular flexibility index (Phi) is 3.50. The molecule has 0 aliphatic heterocycles. The van der Waals surface area contributed by atoms with Crippen LogP contribution in [0.5, 0.6) is 0 Å². The van der Waals surface area contributed by atoms with Crippen LogP contribution in [0.2, 0.25) is 0 Å². The Bertz CT molecular complexity index is 385. The highest BCUT2D eigenvalue weighted by atomic mass is 15.2. The summed E-state index contributed by atoms with van der Waals surface area (Å²) in [6, 6.07) is 2.69. The fourth-order valence-electron chi connectivity index (χ4n) is 1.98. The van der Waals surface area contributed by atoms with Gasteiger partial charge in [-0.3, -0.25) is 0 Å². The summed E-state index contributed by atoms with van der Waals surface area (Å²) in [5.41, 5.74) is 0. The summed E-state index contributed by atoms with van der Waals surface area (Å²) in [4.78, 5) is 11.4. The minimum atomic E-state index is 0.358. The summed E-state index contributed by atoms with van der Waals surface area (Å²) in [6.07, 6.45) is 3.91. The molecule has 1 N–H and O–H groups in total. The first-order valence-electron chi connectivity index (χ1n) is 6.41. The molecule has 1 aliphatic carbocycles. The molecule has 1 heterocycles. The first kappa shape index (κ1) is 12.1. The normalized spacial score (nSPS) is 15.8. The van der Waals surface area contributed by atoms with Crippen molar-refractivity contribution in [2.75, 3.05) is 24.3 Å². The molecule has 0 spiro atoms. The lowest BCUT2D eigenvalue weighted by atomic mass is 9.92. The summed E-state index contributed by atoms with van der Waals surface area (Å²) in [7, 11) is 4.04. The lowest BCUT2D eigenvalue weighted by Gasteiger charge is -2.35. The van der Waals surface area contributed by atoms with Crippen molar-refractivity contribution in [3.63, 3.8) is 0 Å². The van der Waals surface area contributed by atoms with Gasteiger partial charge in [0, 0.05) is 32.1 Å². The molecule has 4 nitrogen and oxygen atoms in total. The van der Waals surface area contributed by atoms with E-state index < -0.39 is 0 Å². The van der Waals surface area contributed by atoms with E-state index in [-0.39, 0.29) is 0 Å². The van der Waals surface area contributed by atoms with Crippen molar-refractivity contribution in [1.29, 1.82) is 0 Å². The highest BCUT2D eigenvalue weighted by Crippen LogP contribution is 2.28. The van der Waals surface area contributed by atoms with Gasteiger partial charge in [0.05, 0.1) is 0 Å². The van der Waals surface area contributed by atoms with E-state index in [1.807, 2.05) is 13.1 Å². The Morgan fingerprint density at radius 1 is 1.35 bits per heavy atom. The van der Waals surface area contributed by atoms with E-state index in [0.717, 1.165) is 17.5 Å². The van der Waals surface area contributed by atoms with E-state index in [4.69, 9.17) is 0 Å². The van der Waals surface area contributed by atoms with Crippen molar-refractivity contribution in [3.8, 4) is 0 Å². The Morgan fingerprint density at radius 2 is 2.06 bits per heavy atom. The molecule has 1 aliphatic rings. The number of hydrogen-bond donors (Lipinski definition) is 1. The van der Waals surface area contributed by atoms with Crippen LogP contribution < -0.4 is 10.2 Å². The molecule has 0 saturated heterocycles. The Balaban J connectivity index is 2.28. The molecule has 0 atom stereocenters. The van der Waals surface area contributed by atoms with E-state index in [2.05, 4.69) is 41.1 Å². The van der Waals surface area contributed by atoms with Gasteiger partial charge in [0.25, 0.3) is 0 Å². The second kappa shape index (κ2) is 4.90. The third kappa shape index (κ3) is 2.51. The quantitative estimate of drug-likeness (QED) is 0.869. The zero-order chi connectivity index (χ0) is 12.4. The van der Waals surface area contributed by atoms with E-state index in [1.165, 1.54) is 19.3 Å². The molecule has 0 radical (unpaired) electrons. The van der Waals surface area contributed by atoms with Crippen molar-refractivity contribution in [2.45, 2.75) is 45.1 Å². The second-order valence-corrected chi connectivity index (χ2v) is 5.07. The molecule has 2 rings (SSSR count). The van der Waals surface area contributed by atoms with Gasteiger partial charge >= 0.3 is 0 Å². The molecule has 1 saturated carbocycles. The van der Waals surface area contributed by atoms with Gasteiger partial charge < -0.3 is 10.2 Å². The summed E-state index contributed by atoms with van der Waals surface area (Å²) in [5.74, 6) is 3.22. The molecule has 0 bridgehead atoms. The third-order valence-corrected chi connectivity index (χ3v) is 3.49. The zero-order valence-electron chi connectivity index (χ0n) is 11.2. The molecule has 4 heteroatoms. The Labute approximate surface area is 103 Å². The predicted octanol–water partition coefficient (Wildman–Crippen LogP) is 2.63. The first-order valence-corrected chi connectivity index (χ1v) is 6.41. The first-order chi connectivity index (χ1) is 8.11. The fraction of sp³-hybridized carbons (Fsp3) is 0.692. The standard InChI is InChI=1S/C13H22N4/c1-9(2)13-15-11(14-3)8-12(16-13)17(4)10-6-5-7-10/h8-10H,5-7H2,1-4H3,(H,14,15,16). The second-order valence-electron chi connectivity index (χ2n) is 5.07. The van der Waals surface area contributed by atoms with Crippen LogP contribution in [0.3, 0.4) is 0 Å². The lowest BCUT2D eigenvalue weighted by molar-refractivity contribution is 0.399. The van der Waals surface area contributed by atoms with E-state index in [9.17, 15) is 0 Å². The molecule has 0 aromatic carbocycles. The van der Waals surface area contributed by atoms with Crippen LogP contribution in [0.25, 0.3) is 0 Å². The maximum atomic E-state index is 4.66. The van der Waals surface area contributed by atoms with Gasteiger partial charge in [-0.05, 0) is 19.3 Å². The highest BCUT2D eigenvalue weighted by molar-refractivity contribution is 5.49. The van der Waals surface area contributed by atoms with E-state index in [1.54, 1.807) is 0 Å². The van der Waals surface area contributed by atoms with Crippen LogP contribution in [0.15, 0.2) is 6.07 Å². The molecular formula is C13H22N4. The highest BCUT2D eigenvalue weighted by Gasteiger charge is 2.23. The van der Waals surface area contributed by atoms with Gasteiger partial charge in [-0.25, -0.2) is 9.97 Å². The maximum Gasteiger partial charge on any atom is 0.135 e. The zero-order valence-corrected chi connectivity index (χ0v) is 11.2. The minimum absolute atomic E-state index is 0.358. The van der Waals surface area contributed by atoms with Crippen LogP contribution in [0.1, 0.15) is 44.9 Å². The number of hydrogen-bond acceptors (Lipinski definition) is 4. The SMILES string of the molecule is CNc1cc(N(C)C2CCC2)nc(C(C)C)n1. The monoisotopic (exact) mass is 234 g/mol. The van der Waals surface area contributed by atoms with Crippen LogP contribution in [-0.4, -0.2) is 30.1 Å². The van der Waals surface area contributed by atoms with Gasteiger partial charge in [0.1, 0.15) is 17.5 Å². The number of aromatic nitrogens is 2. The average Bonchev–Trinajstić information content (AvgIpc) is 2.25. The molecule has 0 unspecified atom stereocenters. The van der Waals surface area contributed by atoms with Crippen molar-refractivity contribution >= 4 is 11.6 Å². The molecule has 1 fully saturated rings. The lowest BCUT2D eigenvalue weighted by Crippen LogP contribution is -2.37. The number of nitrogens with zero attached hydrogens (tertiary/aromatic N) is 3. The molecule has 94 valence electrons. The summed E-state index contributed by atoms with van der Waals surface area (Å²) < 4.78 is 0. The number of anilines is 2. The Hall–Kier alpha value is -1.32. The number of rotatable bonds is 4. The minimum Gasteiger partial charge on any atom is -0.373 e. The van der Waals surface area contributed by atoms with Gasteiger partial charge in [-0.1, -0.05) is 13.8 Å². The summed E-state index contributed by atoms with van der Waals surface area (Å²) in [5, 5.41) is 3.11.